The van der Waals surface area contributed by atoms with Gasteiger partial charge in [0.25, 0.3) is 0 Å². The minimum absolute atomic E-state index is 0.161. The van der Waals surface area contributed by atoms with Crippen molar-refractivity contribution in [3.8, 4) is 0 Å². The average molecular weight is 427 g/mol. The molecule has 0 aliphatic carbocycles. The van der Waals surface area contributed by atoms with Crippen molar-refractivity contribution in [3.63, 3.8) is 0 Å². The van der Waals surface area contributed by atoms with Crippen LogP contribution < -0.4 is 0 Å². The lowest BCUT2D eigenvalue weighted by Crippen LogP contribution is -2.29. The molecule has 0 N–H and O–H groups in total. The molecule has 0 saturated carbocycles. The number of rotatable bonds is 20. The second-order valence-corrected chi connectivity index (χ2v) is 13.8. The van der Waals surface area contributed by atoms with Crippen molar-refractivity contribution < 1.29 is 14.3 Å². The van der Waals surface area contributed by atoms with E-state index < -0.39 is 8.32 Å². The molecular weight excluding hydrogens is 376 g/mol. The van der Waals surface area contributed by atoms with E-state index in [9.17, 15) is 4.79 Å². The van der Waals surface area contributed by atoms with Crippen molar-refractivity contribution >= 4 is 14.3 Å². The summed E-state index contributed by atoms with van der Waals surface area (Å²) in [4.78, 5) is 17.6. The Labute approximate surface area is 183 Å². The van der Waals surface area contributed by atoms with Crippen LogP contribution in [0.15, 0.2) is 12.2 Å². The van der Waals surface area contributed by atoms with Crippen LogP contribution in [0.3, 0.4) is 0 Å². The van der Waals surface area contributed by atoms with Crippen molar-refractivity contribution in [1.82, 2.24) is 0 Å². The highest BCUT2D eigenvalue weighted by Gasteiger charge is 2.23. The molecule has 0 aromatic heterocycles. The van der Waals surface area contributed by atoms with Gasteiger partial charge >= 0.3 is 5.97 Å². The van der Waals surface area contributed by atoms with E-state index in [4.69, 9.17) is 9.46 Å². The average Bonchev–Trinajstić information content (AvgIpc) is 2.68. The predicted octanol–water partition coefficient (Wildman–Crippen LogP) is 8.75. The van der Waals surface area contributed by atoms with Crippen molar-refractivity contribution in [1.29, 1.82) is 0 Å². The van der Waals surface area contributed by atoms with Crippen LogP contribution >= 0.6 is 0 Å². The molecular formula is C25H50O3Si. The van der Waals surface area contributed by atoms with Gasteiger partial charge in [-0.25, -0.2) is 9.37 Å². The summed E-state index contributed by atoms with van der Waals surface area (Å²) >= 11 is 0. The first-order valence-corrected chi connectivity index (χ1v) is 15.9. The monoisotopic (exact) mass is 426 g/mol. The minimum atomic E-state index is -1.85. The summed E-state index contributed by atoms with van der Waals surface area (Å²) in [6.07, 6.45) is 24.4. The van der Waals surface area contributed by atoms with Crippen molar-refractivity contribution in [2.45, 2.75) is 136 Å². The highest BCUT2D eigenvalue weighted by atomic mass is 28.4. The molecule has 0 spiro atoms. The lowest BCUT2D eigenvalue weighted by atomic mass is 9.99. The Kier molecular flexibility index (Phi) is 18.9. The summed E-state index contributed by atoms with van der Waals surface area (Å²) < 4.78 is 5.37. The molecule has 0 amide bonds. The number of unbranched alkanes of at least 4 members (excludes halogenated alkanes) is 13. The first-order chi connectivity index (χ1) is 13.9. The highest BCUT2D eigenvalue weighted by molar-refractivity contribution is 6.69. The molecule has 0 saturated heterocycles. The number of carbonyl (C=O) groups is 1. The summed E-state index contributed by atoms with van der Waals surface area (Å²) in [7, 11) is -1.85. The van der Waals surface area contributed by atoms with E-state index in [1.165, 1.54) is 83.5 Å². The van der Waals surface area contributed by atoms with Gasteiger partial charge in [0.1, 0.15) is 0 Å². The number of allylic oxidation sites excluding steroid dienone is 1. The quantitative estimate of drug-likeness (QED) is 0.0641. The van der Waals surface area contributed by atoms with Crippen LogP contribution in [0.4, 0.5) is 0 Å². The molecule has 3 nitrogen and oxygen atoms in total. The fourth-order valence-corrected chi connectivity index (χ4v) is 3.65. The molecule has 172 valence electrons. The molecule has 0 radical (unpaired) electrons. The van der Waals surface area contributed by atoms with Gasteiger partial charge in [-0.3, -0.25) is 0 Å². The van der Waals surface area contributed by atoms with E-state index in [0.29, 0.717) is 0 Å². The smallest absolute Gasteiger partial charge is 0.309 e. The predicted molar refractivity (Wildman–Crippen MR) is 128 cm³/mol. The zero-order valence-electron chi connectivity index (χ0n) is 20.3. The molecule has 4 heteroatoms. The maximum Gasteiger partial charge on any atom is 0.347 e. The Hall–Kier alpha value is -0.613. The van der Waals surface area contributed by atoms with Crippen LogP contribution in [0.1, 0.15) is 117 Å². The summed E-state index contributed by atoms with van der Waals surface area (Å²) in [5.74, 6) is -0.380. The maximum absolute atomic E-state index is 12.4. The molecule has 0 aliphatic rings. The number of carbonyl (C=O) groups excluding carboxylic acids is 1. The van der Waals surface area contributed by atoms with Gasteiger partial charge in [0.2, 0.25) is 8.32 Å². The van der Waals surface area contributed by atoms with Gasteiger partial charge in [-0.1, -0.05) is 109 Å². The Balaban J connectivity index is 4.02. The molecule has 29 heavy (non-hydrogen) atoms. The first kappa shape index (κ1) is 28.4. The third-order valence-corrected chi connectivity index (χ3v) is 5.72. The minimum Gasteiger partial charge on any atom is -0.309 e. The van der Waals surface area contributed by atoms with Crippen LogP contribution in [-0.2, 0) is 14.3 Å². The first-order valence-electron chi connectivity index (χ1n) is 12.5. The van der Waals surface area contributed by atoms with Crippen LogP contribution in [0.2, 0.25) is 19.6 Å². The molecule has 0 fully saturated rings. The van der Waals surface area contributed by atoms with Crippen molar-refractivity contribution in [3.05, 3.63) is 12.2 Å². The summed E-state index contributed by atoms with van der Waals surface area (Å²) in [5, 5.41) is 0. The van der Waals surface area contributed by atoms with Crippen LogP contribution in [-0.4, -0.2) is 14.3 Å². The molecule has 0 rings (SSSR count). The van der Waals surface area contributed by atoms with Crippen molar-refractivity contribution in [2.24, 2.45) is 5.92 Å². The van der Waals surface area contributed by atoms with Gasteiger partial charge in [-0.15, -0.1) is 0 Å². The maximum atomic E-state index is 12.4. The summed E-state index contributed by atoms with van der Waals surface area (Å²) in [5.41, 5.74) is 0. The van der Waals surface area contributed by atoms with Gasteiger partial charge in [-0.05, 0) is 38.9 Å². The highest BCUT2D eigenvalue weighted by Crippen LogP contribution is 2.17. The second kappa shape index (κ2) is 19.4. The third kappa shape index (κ3) is 20.4. The fraction of sp³-hybridized carbons (Fsp3) is 0.880. The lowest BCUT2D eigenvalue weighted by Gasteiger charge is -2.17. The van der Waals surface area contributed by atoms with Gasteiger partial charge < -0.3 is 4.89 Å². The Morgan fingerprint density at radius 2 is 1.24 bits per heavy atom. The van der Waals surface area contributed by atoms with E-state index in [0.717, 1.165) is 19.3 Å². The van der Waals surface area contributed by atoms with E-state index >= 15 is 0 Å². The fourth-order valence-electron chi connectivity index (χ4n) is 3.32. The lowest BCUT2D eigenvalue weighted by molar-refractivity contribution is -0.223. The Bertz CT molecular complexity index is 401. The molecule has 0 aromatic rings. The normalized spacial score (nSPS) is 13.1. The third-order valence-electron chi connectivity index (χ3n) is 5.14. The van der Waals surface area contributed by atoms with E-state index in [2.05, 4.69) is 26.0 Å². The molecule has 1 atom stereocenters. The van der Waals surface area contributed by atoms with E-state index in [1.54, 1.807) is 0 Å². The largest absolute Gasteiger partial charge is 0.347 e. The topological polar surface area (TPSA) is 35.5 Å². The zero-order chi connectivity index (χ0) is 21.8. The van der Waals surface area contributed by atoms with Gasteiger partial charge in [0, 0.05) is 0 Å². The van der Waals surface area contributed by atoms with Gasteiger partial charge in [0.05, 0.1) is 5.92 Å². The standard InChI is InChI=1S/C25H50O3Si/c1-6-8-10-12-13-14-15-16-17-18-19-21-23-24(22-20-11-9-7-2)25(26)27-28-29(3,4)5/h21,23-24H,6-20,22H2,1-5H3. The molecule has 0 bridgehead atoms. The Morgan fingerprint density at radius 1 is 0.759 bits per heavy atom. The number of hydrogen-bond donors (Lipinski definition) is 0. The number of hydrogen-bond acceptors (Lipinski definition) is 3. The molecule has 1 unspecified atom stereocenters. The SMILES string of the molecule is CCCCCCCCCCCCC=CC(CCCCCC)C(=O)OO[Si](C)(C)C. The van der Waals surface area contributed by atoms with Crippen LogP contribution in [0.5, 0.6) is 0 Å². The molecule has 0 heterocycles. The van der Waals surface area contributed by atoms with E-state index in [-0.39, 0.29) is 11.9 Å². The van der Waals surface area contributed by atoms with E-state index in [1.807, 2.05) is 19.6 Å². The van der Waals surface area contributed by atoms with Crippen LogP contribution in [0, 0.1) is 5.92 Å². The van der Waals surface area contributed by atoms with Crippen molar-refractivity contribution in [2.75, 3.05) is 0 Å². The summed E-state index contributed by atoms with van der Waals surface area (Å²) in [6.45, 7) is 10.6. The zero-order valence-corrected chi connectivity index (χ0v) is 21.3. The van der Waals surface area contributed by atoms with Crippen LogP contribution in [0.25, 0.3) is 0 Å². The Morgan fingerprint density at radius 3 is 1.76 bits per heavy atom. The van der Waals surface area contributed by atoms with Gasteiger partial charge in [-0.2, -0.15) is 0 Å². The molecule has 0 aromatic carbocycles. The summed E-state index contributed by atoms with van der Waals surface area (Å²) in [6, 6.07) is 0. The molecule has 0 aliphatic heterocycles. The second-order valence-electron chi connectivity index (χ2n) is 9.45. The van der Waals surface area contributed by atoms with Gasteiger partial charge in [0.15, 0.2) is 0 Å².